The highest BCUT2D eigenvalue weighted by Crippen LogP contribution is 2.67. The van der Waals surface area contributed by atoms with Crippen molar-refractivity contribution in [2.45, 2.75) is 103 Å². The van der Waals surface area contributed by atoms with Crippen LogP contribution in [-0.4, -0.2) is 27.8 Å². The molecule has 0 spiro atoms. The van der Waals surface area contributed by atoms with Gasteiger partial charge in [0.15, 0.2) is 0 Å². The monoisotopic (exact) mass is 415 g/mol. The fourth-order valence-electron chi connectivity index (χ4n) is 8.16. The van der Waals surface area contributed by atoms with Gasteiger partial charge in [0.05, 0.1) is 6.10 Å². The molecule has 0 saturated heterocycles. The number of carbonyl (C=O) groups is 1. The molecule has 4 heteroatoms. The molecule has 3 fully saturated rings. The Morgan fingerprint density at radius 2 is 1.97 bits per heavy atom. The van der Waals surface area contributed by atoms with Crippen LogP contribution in [0, 0.1) is 28.6 Å². The molecule has 0 amide bonds. The first kappa shape index (κ1) is 22.1. The van der Waals surface area contributed by atoms with E-state index in [-0.39, 0.29) is 28.9 Å². The third kappa shape index (κ3) is 3.30. The first-order chi connectivity index (χ1) is 14.1. The molecular formula is C26H41NO3. The standard InChI is InChI=1S/C26H41NO3/c1-17(6-4-5-7-23(29)30)20-12-15-26(27)22-9-8-18-16-19(28)10-13-24(18,2)21(22)11-14-25(20,26)3/h6,8,19-22,28H,4-5,7,9-16,27H2,1-3H3,(H,29,30)/b17-6+/t19-,20+,21-,22+,24-,25+,26+/m0/s1. The molecule has 4 aliphatic carbocycles. The van der Waals surface area contributed by atoms with Crippen molar-refractivity contribution in [2.24, 2.45) is 34.3 Å². The van der Waals surface area contributed by atoms with Crippen LogP contribution >= 0.6 is 0 Å². The van der Waals surface area contributed by atoms with Gasteiger partial charge in [-0.2, -0.15) is 0 Å². The van der Waals surface area contributed by atoms with Gasteiger partial charge in [-0.05, 0) is 99.7 Å². The first-order valence-corrected chi connectivity index (χ1v) is 12.2. The van der Waals surface area contributed by atoms with Crippen molar-refractivity contribution in [1.82, 2.24) is 0 Å². The Balaban J connectivity index is 1.56. The van der Waals surface area contributed by atoms with Gasteiger partial charge in [-0.1, -0.05) is 37.1 Å². The lowest BCUT2D eigenvalue weighted by atomic mass is 9.45. The smallest absolute Gasteiger partial charge is 0.303 e. The second-order valence-electron chi connectivity index (χ2n) is 11.3. The van der Waals surface area contributed by atoms with Gasteiger partial charge in [0.25, 0.3) is 0 Å². The van der Waals surface area contributed by atoms with Gasteiger partial charge in [-0.3, -0.25) is 4.79 Å². The number of aliphatic hydroxyl groups excluding tert-OH is 1. The fraction of sp³-hybridized carbons (Fsp3) is 0.808. The number of unbranched alkanes of at least 4 members (excludes halogenated alkanes) is 1. The van der Waals surface area contributed by atoms with Gasteiger partial charge in [0.1, 0.15) is 0 Å². The van der Waals surface area contributed by atoms with Gasteiger partial charge < -0.3 is 15.9 Å². The van der Waals surface area contributed by atoms with Gasteiger partial charge in [-0.15, -0.1) is 0 Å². The van der Waals surface area contributed by atoms with E-state index in [1.807, 2.05) is 0 Å². The molecule has 3 saturated carbocycles. The Labute approximate surface area is 182 Å². The largest absolute Gasteiger partial charge is 0.481 e. The Morgan fingerprint density at radius 1 is 1.20 bits per heavy atom. The second kappa shape index (κ2) is 7.78. The van der Waals surface area contributed by atoms with E-state index in [9.17, 15) is 9.90 Å². The summed E-state index contributed by atoms with van der Waals surface area (Å²) in [5.74, 6) is 0.980. The quantitative estimate of drug-likeness (QED) is 0.425. The fourth-order valence-corrected chi connectivity index (χ4v) is 8.16. The maximum Gasteiger partial charge on any atom is 0.303 e. The number of aliphatic hydroxyl groups is 1. The molecule has 30 heavy (non-hydrogen) atoms. The number of allylic oxidation sites excluding steroid dienone is 3. The normalized spacial score (nSPS) is 45.9. The lowest BCUT2D eigenvalue weighted by molar-refractivity contribution is -0.137. The molecule has 168 valence electrons. The van der Waals surface area contributed by atoms with Crippen molar-refractivity contribution < 1.29 is 15.0 Å². The van der Waals surface area contributed by atoms with Crippen molar-refractivity contribution in [2.75, 3.05) is 0 Å². The molecule has 0 radical (unpaired) electrons. The Morgan fingerprint density at radius 3 is 2.70 bits per heavy atom. The predicted molar refractivity (Wildman–Crippen MR) is 120 cm³/mol. The number of rotatable bonds is 5. The summed E-state index contributed by atoms with van der Waals surface area (Å²) in [4.78, 5) is 10.8. The lowest BCUT2D eigenvalue weighted by Gasteiger charge is -2.62. The molecule has 4 nitrogen and oxygen atoms in total. The minimum absolute atomic E-state index is 0.122. The number of nitrogens with two attached hydrogens (primary N) is 1. The van der Waals surface area contributed by atoms with Crippen molar-refractivity contribution in [3.63, 3.8) is 0 Å². The van der Waals surface area contributed by atoms with E-state index in [1.54, 1.807) is 0 Å². The molecule has 0 bridgehead atoms. The lowest BCUT2D eigenvalue weighted by Crippen LogP contribution is -2.65. The van der Waals surface area contributed by atoms with Crippen LogP contribution in [0.3, 0.4) is 0 Å². The summed E-state index contributed by atoms with van der Waals surface area (Å²) in [6.07, 6.45) is 15.0. The topological polar surface area (TPSA) is 83.5 Å². The van der Waals surface area contributed by atoms with Crippen molar-refractivity contribution in [3.8, 4) is 0 Å². The average Bonchev–Trinajstić information content (AvgIpc) is 2.97. The number of aliphatic carboxylic acids is 1. The van der Waals surface area contributed by atoms with E-state index in [0.717, 1.165) is 44.9 Å². The van der Waals surface area contributed by atoms with Crippen LogP contribution in [0.15, 0.2) is 23.3 Å². The van der Waals surface area contributed by atoms with E-state index in [1.165, 1.54) is 24.0 Å². The zero-order valence-corrected chi connectivity index (χ0v) is 19.1. The maximum atomic E-state index is 10.8. The Kier molecular flexibility index (Phi) is 5.72. The Bertz CT molecular complexity index is 757. The number of hydrogen-bond donors (Lipinski definition) is 3. The summed E-state index contributed by atoms with van der Waals surface area (Å²) in [5.41, 5.74) is 10.5. The summed E-state index contributed by atoms with van der Waals surface area (Å²) in [6.45, 7) is 7.15. The van der Waals surface area contributed by atoms with Gasteiger partial charge >= 0.3 is 5.97 Å². The van der Waals surface area contributed by atoms with E-state index >= 15 is 0 Å². The number of hydrogen-bond acceptors (Lipinski definition) is 3. The molecule has 0 heterocycles. The van der Waals surface area contributed by atoms with Crippen molar-refractivity contribution >= 4 is 5.97 Å². The second-order valence-corrected chi connectivity index (χ2v) is 11.3. The van der Waals surface area contributed by atoms with E-state index < -0.39 is 5.97 Å². The third-order valence-electron chi connectivity index (χ3n) is 10.0. The molecular weight excluding hydrogens is 374 g/mol. The molecule has 7 atom stereocenters. The van der Waals surface area contributed by atoms with Crippen molar-refractivity contribution in [3.05, 3.63) is 23.3 Å². The van der Waals surface area contributed by atoms with E-state index in [2.05, 4.69) is 32.9 Å². The van der Waals surface area contributed by atoms with Crippen LogP contribution < -0.4 is 5.73 Å². The highest BCUT2D eigenvalue weighted by molar-refractivity contribution is 5.66. The van der Waals surface area contributed by atoms with Crippen LogP contribution in [0.5, 0.6) is 0 Å². The number of carboxylic acid groups (broad SMARTS) is 1. The minimum Gasteiger partial charge on any atom is -0.481 e. The molecule has 0 unspecified atom stereocenters. The summed E-state index contributed by atoms with van der Waals surface area (Å²) < 4.78 is 0. The summed E-state index contributed by atoms with van der Waals surface area (Å²) in [5, 5.41) is 19.1. The minimum atomic E-state index is -0.707. The van der Waals surface area contributed by atoms with Gasteiger partial charge in [0.2, 0.25) is 0 Å². The van der Waals surface area contributed by atoms with Gasteiger partial charge in [-0.25, -0.2) is 0 Å². The number of carboxylic acids is 1. The summed E-state index contributed by atoms with van der Waals surface area (Å²) >= 11 is 0. The average molecular weight is 416 g/mol. The predicted octanol–water partition coefficient (Wildman–Crippen LogP) is 5.21. The third-order valence-corrected chi connectivity index (χ3v) is 10.0. The summed E-state index contributed by atoms with van der Waals surface area (Å²) in [7, 11) is 0. The zero-order valence-electron chi connectivity index (χ0n) is 19.1. The molecule has 0 aromatic heterocycles. The Hall–Kier alpha value is -1.13. The molecule has 0 aliphatic heterocycles. The highest BCUT2D eigenvalue weighted by atomic mass is 16.4. The van der Waals surface area contributed by atoms with Crippen molar-refractivity contribution in [1.29, 1.82) is 0 Å². The van der Waals surface area contributed by atoms with Crippen LogP contribution in [0.1, 0.15) is 91.4 Å². The maximum absolute atomic E-state index is 10.8. The molecule has 0 aromatic carbocycles. The molecule has 4 aliphatic rings. The summed E-state index contributed by atoms with van der Waals surface area (Å²) in [6, 6.07) is 0. The first-order valence-electron chi connectivity index (χ1n) is 12.2. The zero-order chi connectivity index (χ0) is 21.7. The molecule has 4 rings (SSSR count). The van der Waals surface area contributed by atoms with Crippen LogP contribution in [0.25, 0.3) is 0 Å². The van der Waals surface area contributed by atoms with Crippen LogP contribution in [0.4, 0.5) is 0 Å². The highest BCUT2D eigenvalue weighted by Gasteiger charge is 2.65. The van der Waals surface area contributed by atoms with Gasteiger partial charge in [0, 0.05) is 12.0 Å². The van der Waals surface area contributed by atoms with E-state index in [0.29, 0.717) is 24.2 Å². The SMILES string of the molecule is C/C(=C\CCCC(=O)O)[C@H]1CC[C@@]2(N)[C@@H]3CC=C4C[C@@H](O)CC[C@]4(C)[C@H]3CC[C@]12C. The van der Waals surface area contributed by atoms with Crippen LogP contribution in [0.2, 0.25) is 0 Å². The number of fused-ring (bicyclic) bond motifs is 5. The van der Waals surface area contributed by atoms with Crippen LogP contribution in [-0.2, 0) is 4.79 Å². The molecule has 4 N–H and O–H groups in total. The van der Waals surface area contributed by atoms with E-state index in [4.69, 9.17) is 10.8 Å². The molecule has 0 aromatic rings.